The summed E-state index contributed by atoms with van der Waals surface area (Å²) in [6.45, 7) is 1.43. The average Bonchev–Trinajstić information content (AvgIpc) is 3.21. The molecule has 1 amide bonds. The molecule has 0 spiro atoms. The number of rotatable bonds is 3. The van der Waals surface area contributed by atoms with Crippen LogP contribution in [0.4, 0.5) is 5.82 Å². The Kier molecular flexibility index (Phi) is 3.93. The number of carbonyl (C=O) groups is 1. The molecule has 1 aromatic carbocycles. The molecule has 126 valence electrons. The van der Waals surface area contributed by atoms with E-state index in [1.807, 2.05) is 29.1 Å². The van der Waals surface area contributed by atoms with Crippen LogP contribution in [-0.2, 0) is 6.54 Å². The first-order valence-corrected chi connectivity index (χ1v) is 8.27. The predicted octanol–water partition coefficient (Wildman–Crippen LogP) is 2.25. The van der Waals surface area contributed by atoms with Gasteiger partial charge in [-0.25, -0.2) is 4.98 Å². The maximum absolute atomic E-state index is 12.2. The van der Waals surface area contributed by atoms with E-state index in [-0.39, 0.29) is 11.9 Å². The molecule has 1 unspecified atom stereocenters. The van der Waals surface area contributed by atoms with Crippen LogP contribution in [-0.4, -0.2) is 34.3 Å². The molecule has 4 rings (SSSR count). The van der Waals surface area contributed by atoms with E-state index in [0.29, 0.717) is 17.9 Å². The van der Waals surface area contributed by atoms with Crippen molar-refractivity contribution in [2.45, 2.75) is 12.6 Å². The van der Waals surface area contributed by atoms with Crippen LogP contribution < -0.4 is 10.2 Å². The second kappa shape index (κ2) is 6.39. The van der Waals surface area contributed by atoms with Crippen LogP contribution in [0.1, 0.15) is 27.5 Å². The fourth-order valence-electron chi connectivity index (χ4n) is 3.39. The van der Waals surface area contributed by atoms with Gasteiger partial charge in [0.05, 0.1) is 11.6 Å². The van der Waals surface area contributed by atoms with E-state index < -0.39 is 0 Å². The van der Waals surface area contributed by atoms with E-state index in [2.05, 4.69) is 38.5 Å². The summed E-state index contributed by atoms with van der Waals surface area (Å²) in [6.07, 6.45) is 5.49. The van der Waals surface area contributed by atoms with Gasteiger partial charge in [0.15, 0.2) is 0 Å². The Labute approximate surface area is 146 Å². The van der Waals surface area contributed by atoms with Crippen molar-refractivity contribution in [1.29, 1.82) is 0 Å². The van der Waals surface area contributed by atoms with E-state index >= 15 is 0 Å². The monoisotopic (exact) mass is 333 g/mol. The summed E-state index contributed by atoms with van der Waals surface area (Å²) >= 11 is 0. The predicted molar refractivity (Wildman–Crippen MR) is 95.5 cm³/mol. The summed E-state index contributed by atoms with van der Waals surface area (Å²) in [4.78, 5) is 18.9. The van der Waals surface area contributed by atoms with Crippen LogP contribution in [0.15, 0.2) is 61.1 Å². The van der Waals surface area contributed by atoms with Crippen molar-refractivity contribution in [3.05, 3.63) is 77.7 Å². The van der Waals surface area contributed by atoms with Crippen molar-refractivity contribution < 1.29 is 4.79 Å². The van der Waals surface area contributed by atoms with Crippen LogP contribution in [0.3, 0.4) is 0 Å². The minimum Gasteiger partial charge on any atom is -0.355 e. The number of carbonyl (C=O) groups excluding carboxylic acids is 1. The highest BCUT2D eigenvalue weighted by atomic mass is 16.1. The smallest absolute Gasteiger partial charge is 0.254 e. The number of fused-ring (bicyclic) bond motifs is 1. The topological polar surface area (TPSA) is 63.1 Å². The lowest BCUT2D eigenvalue weighted by molar-refractivity contribution is 0.0963. The summed E-state index contributed by atoms with van der Waals surface area (Å²) in [7, 11) is 1.64. The fourth-order valence-corrected chi connectivity index (χ4v) is 3.39. The zero-order chi connectivity index (χ0) is 17.2. The zero-order valence-corrected chi connectivity index (χ0v) is 14.0. The Morgan fingerprint density at radius 2 is 2.04 bits per heavy atom. The third kappa shape index (κ3) is 2.76. The highest BCUT2D eigenvalue weighted by Crippen LogP contribution is 2.32. The standard InChI is InChI=1S/C19H19N5O/c1-20-19(25)16-8-4-9-21-18(16)23-12-14-6-2-3-7-15(14)17(13-23)24-11-5-10-22-24/h2-11,17H,12-13H2,1H3,(H,20,25). The molecule has 0 saturated carbocycles. The molecule has 1 atom stereocenters. The number of hydrogen-bond acceptors (Lipinski definition) is 4. The number of nitrogens with zero attached hydrogens (tertiary/aromatic N) is 4. The number of amides is 1. The second-order valence-corrected chi connectivity index (χ2v) is 6.03. The first-order valence-electron chi connectivity index (χ1n) is 8.27. The number of anilines is 1. The Balaban J connectivity index is 1.78. The Morgan fingerprint density at radius 3 is 2.84 bits per heavy atom. The molecule has 0 bridgehead atoms. The fraction of sp³-hybridized carbons (Fsp3) is 0.211. The second-order valence-electron chi connectivity index (χ2n) is 6.03. The van der Waals surface area contributed by atoms with Gasteiger partial charge in [0.25, 0.3) is 5.91 Å². The van der Waals surface area contributed by atoms with E-state index in [1.54, 1.807) is 25.5 Å². The average molecular weight is 333 g/mol. The Bertz CT molecular complexity index is 890. The molecule has 6 nitrogen and oxygen atoms in total. The number of pyridine rings is 1. The van der Waals surface area contributed by atoms with Gasteiger partial charge in [-0.15, -0.1) is 0 Å². The SMILES string of the molecule is CNC(=O)c1cccnc1N1Cc2ccccc2C(n2cccn2)C1. The normalized spacial score (nSPS) is 16.4. The van der Waals surface area contributed by atoms with Gasteiger partial charge < -0.3 is 10.2 Å². The van der Waals surface area contributed by atoms with Gasteiger partial charge >= 0.3 is 0 Å². The van der Waals surface area contributed by atoms with Gasteiger partial charge in [0.1, 0.15) is 5.82 Å². The minimum absolute atomic E-state index is 0.0829. The summed E-state index contributed by atoms with van der Waals surface area (Å²) < 4.78 is 1.97. The van der Waals surface area contributed by atoms with E-state index in [4.69, 9.17) is 0 Å². The van der Waals surface area contributed by atoms with Crippen molar-refractivity contribution in [2.24, 2.45) is 0 Å². The molecule has 0 aliphatic carbocycles. The number of nitrogens with one attached hydrogen (secondary N) is 1. The molecule has 3 heterocycles. The van der Waals surface area contributed by atoms with Gasteiger partial charge in [-0.1, -0.05) is 24.3 Å². The third-order valence-corrected chi connectivity index (χ3v) is 4.57. The molecule has 3 aromatic rings. The number of benzene rings is 1. The quantitative estimate of drug-likeness (QED) is 0.798. The van der Waals surface area contributed by atoms with Gasteiger partial charge in [-0.3, -0.25) is 9.48 Å². The summed E-state index contributed by atoms with van der Waals surface area (Å²) in [5.41, 5.74) is 3.08. The first-order chi connectivity index (χ1) is 12.3. The minimum atomic E-state index is -0.127. The van der Waals surface area contributed by atoms with Crippen LogP contribution in [0, 0.1) is 0 Å². The van der Waals surface area contributed by atoms with Crippen molar-refractivity contribution in [3.63, 3.8) is 0 Å². The van der Waals surface area contributed by atoms with E-state index in [1.165, 1.54) is 11.1 Å². The number of aromatic nitrogens is 3. The molecular formula is C19H19N5O. The molecular weight excluding hydrogens is 314 g/mol. The van der Waals surface area contributed by atoms with Gasteiger partial charge in [0, 0.05) is 38.7 Å². The Morgan fingerprint density at radius 1 is 1.16 bits per heavy atom. The van der Waals surface area contributed by atoms with Crippen LogP contribution in [0.5, 0.6) is 0 Å². The maximum atomic E-state index is 12.2. The molecule has 1 N–H and O–H groups in total. The first kappa shape index (κ1) is 15.4. The van der Waals surface area contributed by atoms with Crippen LogP contribution in [0.2, 0.25) is 0 Å². The Hall–Kier alpha value is -3.15. The summed E-state index contributed by atoms with van der Waals surface area (Å²) in [5.74, 6) is 0.575. The lowest BCUT2D eigenvalue weighted by Crippen LogP contribution is -2.38. The largest absolute Gasteiger partial charge is 0.355 e. The van der Waals surface area contributed by atoms with E-state index in [9.17, 15) is 4.79 Å². The van der Waals surface area contributed by atoms with Crippen LogP contribution >= 0.6 is 0 Å². The van der Waals surface area contributed by atoms with Gasteiger partial charge in [-0.2, -0.15) is 5.10 Å². The lowest BCUT2D eigenvalue weighted by atomic mass is 9.95. The molecule has 0 fully saturated rings. The zero-order valence-electron chi connectivity index (χ0n) is 14.0. The van der Waals surface area contributed by atoms with Crippen molar-refractivity contribution in [1.82, 2.24) is 20.1 Å². The molecule has 0 saturated heterocycles. The molecule has 6 heteroatoms. The van der Waals surface area contributed by atoms with E-state index in [0.717, 1.165) is 6.54 Å². The number of hydrogen-bond donors (Lipinski definition) is 1. The van der Waals surface area contributed by atoms with Gasteiger partial charge in [-0.05, 0) is 29.3 Å². The highest BCUT2D eigenvalue weighted by molar-refractivity contribution is 5.98. The van der Waals surface area contributed by atoms with Crippen molar-refractivity contribution in [2.75, 3.05) is 18.5 Å². The van der Waals surface area contributed by atoms with Crippen LogP contribution in [0.25, 0.3) is 0 Å². The molecule has 2 aromatic heterocycles. The van der Waals surface area contributed by atoms with Crippen molar-refractivity contribution >= 4 is 11.7 Å². The van der Waals surface area contributed by atoms with Crippen molar-refractivity contribution in [3.8, 4) is 0 Å². The third-order valence-electron chi connectivity index (χ3n) is 4.57. The highest BCUT2D eigenvalue weighted by Gasteiger charge is 2.29. The summed E-state index contributed by atoms with van der Waals surface area (Å²) in [5, 5.41) is 7.13. The molecule has 1 aliphatic rings. The lowest BCUT2D eigenvalue weighted by Gasteiger charge is -2.36. The summed E-state index contributed by atoms with van der Waals surface area (Å²) in [6, 6.07) is 14.0. The van der Waals surface area contributed by atoms with Gasteiger partial charge in [0.2, 0.25) is 0 Å². The molecule has 25 heavy (non-hydrogen) atoms. The molecule has 0 radical (unpaired) electrons. The molecule has 1 aliphatic heterocycles. The maximum Gasteiger partial charge on any atom is 0.254 e.